The summed E-state index contributed by atoms with van der Waals surface area (Å²) in [5, 5.41) is 22.5. The van der Waals surface area contributed by atoms with Crippen LogP contribution in [0.5, 0.6) is 5.75 Å². The van der Waals surface area contributed by atoms with Crippen molar-refractivity contribution in [2.45, 2.75) is 50.4 Å². The van der Waals surface area contributed by atoms with E-state index in [2.05, 4.69) is 9.97 Å². The summed E-state index contributed by atoms with van der Waals surface area (Å²) in [5.41, 5.74) is -0.381. The summed E-state index contributed by atoms with van der Waals surface area (Å²) < 4.78 is 43.2. The Kier molecular flexibility index (Phi) is 7.10. The van der Waals surface area contributed by atoms with E-state index in [1.54, 1.807) is 50.5 Å². The molecule has 0 radical (unpaired) electrons. The van der Waals surface area contributed by atoms with Crippen molar-refractivity contribution in [1.29, 1.82) is 0 Å². The highest BCUT2D eigenvalue weighted by atomic mass is 19.4. The SMILES string of the molecule is CN(C)Cc1ccc2[nH]c(CC(O)(CC(C)(C)c3cc(-c4cccnc4)ccc3O)C(F)(F)F)cc2c1. The molecule has 37 heavy (non-hydrogen) atoms. The number of fused-ring (bicyclic) bond motifs is 1. The van der Waals surface area contributed by atoms with Gasteiger partial charge in [0, 0.05) is 47.7 Å². The number of rotatable bonds is 8. The molecule has 4 rings (SSSR count). The summed E-state index contributed by atoms with van der Waals surface area (Å²) in [4.78, 5) is 9.15. The number of phenols is 1. The first-order valence-corrected chi connectivity index (χ1v) is 12.1. The van der Waals surface area contributed by atoms with Gasteiger partial charge in [-0.05, 0) is 78.8 Å². The Balaban J connectivity index is 1.66. The summed E-state index contributed by atoms with van der Waals surface area (Å²) in [6.07, 6.45) is -2.90. The lowest BCUT2D eigenvalue weighted by atomic mass is 9.72. The van der Waals surface area contributed by atoms with Crippen molar-refractivity contribution in [2.75, 3.05) is 14.1 Å². The number of nitrogens with one attached hydrogen (secondary N) is 1. The highest BCUT2D eigenvalue weighted by Gasteiger charge is 2.56. The Morgan fingerprint density at radius 3 is 2.38 bits per heavy atom. The van der Waals surface area contributed by atoms with Crippen LogP contribution in [-0.4, -0.2) is 51.0 Å². The van der Waals surface area contributed by atoms with Crippen LogP contribution in [0.2, 0.25) is 0 Å². The summed E-state index contributed by atoms with van der Waals surface area (Å²) in [7, 11) is 3.89. The minimum atomic E-state index is -4.89. The van der Waals surface area contributed by atoms with Crippen molar-refractivity contribution < 1.29 is 23.4 Å². The van der Waals surface area contributed by atoms with E-state index in [0.717, 1.165) is 16.5 Å². The number of H-pyrrole nitrogens is 1. The number of phenolic OH excluding ortho intramolecular Hbond substituents is 1. The number of aliphatic hydroxyl groups is 1. The average Bonchev–Trinajstić information content (AvgIpc) is 3.19. The lowest BCUT2D eigenvalue weighted by Crippen LogP contribution is -2.50. The van der Waals surface area contributed by atoms with E-state index in [4.69, 9.17) is 0 Å². The molecule has 0 amide bonds. The summed E-state index contributed by atoms with van der Waals surface area (Å²) in [5.74, 6) is -0.124. The van der Waals surface area contributed by atoms with Crippen LogP contribution in [0.3, 0.4) is 0 Å². The van der Waals surface area contributed by atoms with Crippen LogP contribution in [0.4, 0.5) is 13.2 Å². The molecule has 8 heteroatoms. The molecular weight excluding hydrogens is 479 g/mol. The third-order valence-corrected chi connectivity index (χ3v) is 6.71. The predicted molar refractivity (Wildman–Crippen MR) is 139 cm³/mol. The average molecular weight is 512 g/mol. The van der Waals surface area contributed by atoms with Crippen LogP contribution >= 0.6 is 0 Å². The minimum Gasteiger partial charge on any atom is -0.508 e. The molecule has 0 fully saturated rings. The molecule has 1 atom stereocenters. The summed E-state index contributed by atoms with van der Waals surface area (Å²) >= 11 is 0. The van der Waals surface area contributed by atoms with Gasteiger partial charge in [-0.15, -0.1) is 0 Å². The van der Waals surface area contributed by atoms with Gasteiger partial charge in [0.1, 0.15) is 5.75 Å². The first-order valence-electron chi connectivity index (χ1n) is 12.1. The van der Waals surface area contributed by atoms with Crippen molar-refractivity contribution in [3.8, 4) is 16.9 Å². The van der Waals surface area contributed by atoms with Crippen LogP contribution in [0.1, 0.15) is 37.1 Å². The quantitative estimate of drug-likeness (QED) is 0.263. The Morgan fingerprint density at radius 1 is 0.973 bits per heavy atom. The lowest BCUT2D eigenvalue weighted by molar-refractivity contribution is -0.266. The van der Waals surface area contributed by atoms with Gasteiger partial charge in [0.25, 0.3) is 0 Å². The molecule has 4 aromatic rings. The van der Waals surface area contributed by atoms with Gasteiger partial charge in [0.05, 0.1) is 0 Å². The molecule has 1 unspecified atom stereocenters. The van der Waals surface area contributed by atoms with Crippen molar-refractivity contribution in [3.05, 3.63) is 83.8 Å². The Bertz CT molecular complexity index is 1380. The number of aromatic amines is 1. The van der Waals surface area contributed by atoms with Crippen LogP contribution < -0.4 is 0 Å². The van der Waals surface area contributed by atoms with Crippen LogP contribution in [-0.2, 0) is 18.4 Å². The summed E-state index contributed by atoms with van der Waals surface area (Å²) in [6, 6.07) is 15.8. The molecule has 0 saturated heterocycles. The van der Waals surface area contributed by atoms with Crippen molar-refractivity contribution in [1.82, 2.24) is 14.9 Å². The van der Waals surface area contributed by atoms with Crippen molar-refractivity contribution in [3.63, 3.8) is 0 Å². The molecule has 196 valence electrons. The second-order valence-electron chi connectivity index (χ2n) is 10.7. The number of aromatic hydroxyl groups is 1. The number of benzene rings is 2. The van der Waals surface area contributed by atoms with Gasteiger partial charge in [-0.1, -0.05) is 32.0 Å². The topological polar surface area (TPSA) is 72.4 Å². The van der Waals surface area contributed by atoms with Crippen LogP contribution in [0, 0.1) is 0 Å². The minimum absolute atomic E-state index is 0.124. The zero-order valence-electron chi connectivity index (χ0n) is 21.4. The van der Waals surface area contributed by atoms with Gasteiger partial charge < -0.3 is 20.1 Å². The van der Waals surface area contributed by atoms with Crippen LogP contribution in [0.25, 0.3) is 22.0 Å². The monoisotopic (exact) mass is 511 g/mol. The lowest BCUT2D eigenvalue weighted by Gasteiger charge is -2.38. The number of pyridine rings is 1. The molecule has 5 nitrogen and oxygen atoms in total. The van der Waals surface area contributed by atoms with E-state index in [9.17, 15) is 23.4 Å². The molecule has 2 heterocycles. The maximum absolute atomic E-state index is 14.4. The van der Waals surface area contributed by atoms with E-state index in [-0.39, 0.29) is 5.75 Å². The number of aromatic nitrogens is 2. The molecular formula is C29H32F3N3O2. The maximum atomic E-state index is 14.4. The first kappa shape index (κ1) is 26.7. The predicted octanol–water partition coefficient (Wildman–Crippen LogP) is 6.20. The van der Waals surface area contributed by atoms with E-state index in [1.165, 1.54) is 6.07 Å². The number of nitrogens with zero attached hydrogens (tertiary/aromatic N) is 2. The fourth-order valence-electron chi connectivity index (χ4n) is 5.00. The van der Waals surface area contributed by atoms with E-state index >= 15 is 0 Å². The smallest absolute Gasteiger partial charge is 0.417 e. The molecule has 0 spiro atoms. The largest absolute Gasteiger partial charge is 0.508 e. The second-order valence-corrected chi connectivity index (χ2v) is 10.7. The first-order chi connectivity index (χ1) is 17.3. The van der Waals surface area contributed by atoms with Gasteiger partial charge in [-0.2, -0.15) is 13.2 Å². The van der Waals surface area contributed by atoms with Gasteiger partial charge in [-0.3, -0.25) is 4.98 Å². The highest BCUT2D eigenvalue weighted by Crippen LogP contribution is 2.45. The zero-order chi connectivity index (χ0) is 27.0. The molecule has 0 bridgehead atoms. The Hall–Kier alpha value is -3.36. The Labute approximate surface area is 214 Å². The van der Waals surface area contributed by atoms with E-state index in [0.29, 0.717) is 28.9 Å². The molecule has 0 aliphatic heterocycles. The second kappa shape index (κ2) is 9.84. The van der Waals surface area contributed by atoms with Crippen molar-refractivity contribution in [2.24, 2.45) is 0 Å². The number of hydrogen-bond acceptors (Lipinski definition) is 4. The third kappa shape index (κ3) is 5.81. The Morgan fingerprint density at radius 2 is 1.73 bits per heavy atom. The number of alkyl halides is 3. The third-order valence-electron chi connectivity index (χ3n) is 6.71. The molecule has 2 aromatic carbocycles. The fraction of sp³-hybridized carbons (Fsp3) is 0.345. The van der Waals surface area contributed by atoms with E-state index in [1.807, 2.05) is 43.3 Å². The van der Waals surface area contributed by atoms with Gasteiger partial charge in [0.2, 0.25) is 0 Å². The number of halogens is 3. The summed E-state index contributed by atoms with van der Waals surface area (Å²) in [6.45, 7) is 3.91. The molecule has 0 aliphatic rings. The van der Waals surface area contributed by atoms with Gasteiger partial charge in [0.15, 0.2) is 5.60 Å². The highest BCUT2D eigenvalue weighted by molar-refractivity contribution is 5.81. The molecule has 2 aromatic heterocycles. The number of hydrogen-bond donors (Lipinski definition) is 3. The molecule has 0 saturated carbocycles. The van der Waals surface area contributed by atoms with E-state index < -0.39 is 30.0 Å². The standard InChI is InChI=1S/C29H32F3N3O2/c1-27(2,24-14-20(8-10-26(24)36)21-6-5-11-33-16-21)18-28(37,29(30,31)32)15-23-13-22-12-19(17-35(3)4)7-9-25(22)34-23/h5-14,16,34,36-37H,15,17-18H2,1-4H3. The fourth-order valence-corrected chi connectivity index (χ4v) is 5.00. The molecule has 3 N–H and O–H groups in total. The maximum Gasteiger partial charge on any atom is 0.417 e. The van der Waals surface area contributed by atoms with Gasteiger partial charge >= 0.3 is 6.18 Å². The van der Waals surface area contributed by atoms with Crippen LogP contribution in [0.15, 0.2) is 67.0 Å². The zero-order valence-corrected chi connectivity index (χ0v) is 21.4. The van der Waals surface area contributed by atoms with Gasteiger partial charge in [-0.25, -0.2) is 0 Å². The van der Waals surface area contributed by atoms with Crippen molar-refractivity contribution >= 4 is 10.9 Å². The normalized spacial score (nSPS) is 14.3. The molecule has 0 aliphatic carbocycles.